The van der Waals surface area contributed by atoms with Crippen LogP contribution in [0.5, 0.6) is 11.5 Å². The lowest BCUT2D eigenvalue weighted by Gasteiger charge is -2.38. The Labute approximate surface area is 170 Å². The molecule has 2 aliphatic heterocycles. The molecule has 0 spiro atoms. The maximum Gasteiger partial charge on any atom is 0.251 e. The van der Waals surface area contributed by atoms with Crippen LogP contribution in [0, 0.1) is 0 Å². The van der Waals surface area contributed by atoms with E-state index in [2.05, 4.69) is 9.80 Å². The van der Waals surface area contributed by atoms with Crippen LogP contribution in [0.15, 0.2) is 48.5 Å². The van der Waals surface area contributed by atoms with Gasteiger partial charge >= 0.3 is 0 Å². The number of hydrogen-bond acceptors (Lipinski definition) is 6. The second-order valence-electron chi connectivity index (χ2n) is 7.23. The number of phenolic OH excluding ortho intramolecular Hbond substituents is 1. The number of benzene rings is 2. The zero-order valence-electron chi connectivity index (χ0n) is 16.5. The highest BCUT2D eigenvalue weighted by Crippen LogP contribution is 2.31. The predicted octanol–water partition coefficient (Wildman–Crippen LogP) is 2.25. The molecule has 4 rings (SSSR count). The third-order valence-corrected chi connectivity index (χ3v) is 5.49. The van der Waals surface area contributed by atoms with Crippen molar-refractivity contribution < 1.29 is 19.4 Å². The van der Waals surface area contributed by atoms with Crippen molar-refractivity contribution in [2.75, 3.05) is 42.6 Å². The number of para-hydroxylation sites is 2. The molecule has 0 aliphatic carbocycles. The Bertz CT molecular complexity index is 908. The molecule has 2 aromatic rings. The van der Waals surface area contributed by atoms with E-state index in [0.717, 1.165) is 5.69 Å². The van der Waals surface area contributed by atoms with E-state index in [1.165, 1.54) is 4.90 Å². The van der Waals surface area contributed by atoms with Gasteiger partial charge in [-0.05, 0) is 31.2 Å². The molecule has 0 radical (unpaired) electrons. The normalized spacial score (nSPS) is 20.4. The van der Waals surface area contributed by atoms with E-state index in [4.69, 9.17) is 4.74 Å². The summed E-state index contributed by atoms with van der Waals surface area (Å²) in [6.07, 6.45) is 0.189. The summed E-state index contributed by atoms with van der Waals surface area (Å²) in [6, 6.07) is 13.9. The Balaban J connectivity index is 1.44. The zero-order chi connectivity index (χ0) is 20.4. The lowest BCUT2D eigenvalue weighted by atomic mass is 10.1. The van der Waals surface area contributed by atoms with Crippen molar-refractivity contribution in [3.63, 3.8) is 0 Å². The maximum atomic E-state index is 13.1. The monoisotopic (exact) mass is 395 g/mol. The van der Waals surface area contributed by atoms with Gasteiger partial charge in [0.25, 0.3) is 5.91 Å². The molecule has 1 unspecified atom stereocenters. The van der Waals surface area contributed by atoms with E-state index >= 15 is 0 Å². The SMILES string of the molecule is CCOc1cccc(N2C(=O)CC(N3CCN(c4ccccc4O)CC3)C2=O)c1. The summed E-state index contributed by atoms with van der Waals surface area (Å²) in [5.41, 5.74) is 1.36. The van der Waals surface area contributed by atoms with Crippen molar-refractivity contribution >= 4 is 23.2 Å². The van der Waals surface area contributed by atoms with Gasteiger partial charge in [0.1, 0.15) is 11.5 Å². The molecule has 7 nitrogen and oxygen atoms in total. The van der Waals surface area contributed by atoms with Crippen molar-refractivity contribution in [1.29, 1.82) is 0 Å². The molecule has 2 heterocycles. The quantitative estimate of drug-likeness (QED) is 0.783. The van der Waals surface area contributed by atoms with Gasteiger partial charge in [0, 0.05) is 32.2 Å². The summed E-state index contributed by atoms with van der Waals surface area (Å²) in [5.74, 6) is 0.537. The lowest BCUT2D eigenvalue weighted by molar-refractivity contribution is -0.123. The highest BCUT2D eigenvalue weighted by molar-refractivity contribution is 6.22. The molecule has 0 aromatic heterocycles. The predicted molar refractivity (Wildman–Crippen MR) is 110 cm³/mol. The van der Waals surface area contributed by atoms with Gasteiger partial charge < -0.3 is 14.7 Å². The summed E-state index contributed by atoms with van der Waals surface area (Å²) in [6.45, 7) is 5.11. The summed E-state index contributed by atoms with van der Waals surface area (Å²) >= 11 is 0. The van der Waals surface area contributed by atoms with Gasteiger partial charge in [-0.2, -0.15) is 0 Å². The fraction of sp³-hybridized carbons (Fsp3) is 0.364. The minimum absolute atomic E-state index is 0.181. The molecule has 0 saturated carbocycles. The minimum atomic E-state index is -0.440. The van der Waals surface area contributed by atoms with Gasteiger partial charge in [0.15, 0.2) is 0 Å². The first kappa shape index (κ1) is 19.3. The smallest absolute Gasteiger partial charge is 0.251 e. The summed E-state index contributed by atoms with van der Waals surface area (Å²) in [7, 11) is 0. The van der Waals surface area contributed by atoms with Crippen LogP contribution >= 0.6 is 0 Å². The van der Waals surface area contributed by atoms with Crippen LogP contribution in [0.3, 0.4) is 0 Å². The van der Waals surface area contributed by atoms with E-state index in [1.807, 2.05) is 25.1 Å². The zero-order valence-corrected chi connectivity index (χ0v) is 16.5. The fourth-order valence-electron chi connectivity index (χ4n) is 4.06. The second-order valence-corrected chi connectivity index (χ2v) is 7.23. The first-order valence-corrected chi connectivity index (χ1v) is 9.95. The highest BCUT2D eigenvalue weighted by atomic mass is 16.5. The third kappa shape index (κ3) is 3.78. The number of ether oxygens (including phenoxy) is 1. The fourth-order valence-corrected chi connectivity index (χ4v) is 4.06. The molecule has 0 bridgehead atoms. The molecule has 1 atom stereocenters. The first-order valence-electron chi connectivity index (χ1n) is 9.95. The van der Waals surface area contributed by atoms with Gasteiger partial charge in [-0.15, -0.1) is 0 Å². The molecule has 7 heteroatoms. The van der Waals surface area contributed by atoms with Gasteiger partial charge in [0.05, 0.1) is 30.4 Å². The van der Waals surface area contributed by atoms with Crippen LogP contribution in [-0.2, 0) is 9.59 Å². The number of nitrogens with zero attached hydrogens (tertiary/aromatic N) is 3. The molecule has 2 aromatic carbocycles. The number of carbonyl (C=O) groups excluding carboxylic acids is 2. The van der Waals surface area contributed by atoms with E-state index in [0.29, 0.717) is 44.2 Å². The molecular weight excluding hydrogens is 370 g/mol. The van der Waals surface area contributed by atoms with Crippen LogP contribution in [0.25, 0.3) is 0 Å². The Morgan fingerprint density at radius 2 is 1.79 bits per heavy atom. The molecule has 2 amide bonds. The number of phenols is 1. The Hall–Kier alpha value is -3.06. The number of carbonyl (C=O) groups is 2. The van der Waals surface area contributed by atoms with Crippen LogP contribution < -0.4 is 14.5 Å². The number of amides is 2. The van der Waals surface area contributed by atoms with Gasteiger partial charge in [-0.1, -0.05) is 18.2 Å². The van der Waals surface area contributed by atoms with E-state index in [-0.39, 0.29) is 24.0 Å². The van der Waals surface area contributed by atoms with Crippen molar-refractivity contribution in [3.05, 3.63) is 48.5 Å². The largest absolute Gasteiger partial charge is 0.506 e. The van der Waals surface area contributed by atoms with E-state index in [9.17, 15) is 14.7 Å². The van der Waals surface area contributed by atoms with Crippen LogP contribution in [-0.4, -0.2) is 60.6 Å². The van der Waals surface area contributed by atoms with E-state index in [1.54, 1.807) is 30.3 Å². The summed E-state index contributed by atoms with van der Waals surface area (Å²) < 4.78 is 5.50. The van der Waals surface area contributed by atoms with Crippen molar-refractivity contribution in [3.8, 4) is 11.5 Å². The average Bonchev–Trinajstić information content (AvgIpc) is 3.03. The molecular formula is C22H25N3O4. The number of anilines is 2. The number of imide groups is 1. The molecule has 29 heavy (non-hydrogen) atoms. The standard InChI is InChI=1S/C22H25N3O4/c1-2-29-17-7-5-6-16(14-17)25-21(27)15-19(22(25)28)24-12-10-23(11-13-24)18-8-3-4-9-20(18)26/h3-9,14,19,26H,2,10-13,15H2,1H3. The topological polar surface area (TPSA) is 73.3 Å². The molecule has 1 N–H and O–H groups in total. The van der Waals surface area contributed by atoms with Crippen molar-refractivity contribution in [1.82, 2.24) is 4.90 Å². The molecule has 2 aliphatic rings. The Kier molecular flexibility index (Phi) is 5.40. The molecule has 2 fully saturated rings. The molecule has 152 valence electrons. The van der Waals surface area contributed by atoms with Gasteiger partial charge in [-0.25, -0.2) is 4.90 Å². The molecule has 2 saturated heterocycles. The summed E-state index contributed by atoms with van der Waals surface area (Å²) in [4.78, 5) is 31.2. The summed E-state index contributed by atoms with van der Waals surface area (Å²) in [5, 5.41) is 10.1. The van der Waals surface area contributed by atoms with Crippen molar-refractivity contribution in [2.24, 2.45) is 0 Å². The van der Waals surface area contributed by atoms with Gasteiger partial charge in [0.2, 0.25) is 5.91 Å². The van der Waals surface area contributed by atoms with Crippen LogP contribution in [0.2, 0.25) is 0 Å². The minimum Gasteiger partial charge on any atom is -0.506 e. The van der Waals surface area contributed by atoms with Crippen molar-refractivity contribution in [2.45, 2.75) is 19.4 Å². The lowest BCUT2D eigenvalue weighted by Crippen LogP contribution is -2.52. The number of aromatic hydroxyl groups is 1. The third-order valence-electron chi connectivity index (χ3n) is 5.49. The maximum absolute atomic E-state index is 13.1. The average molecular weight is 395 g/mol. The van der Waals surface area contributed by atoms with Gasteiger partial charge in [-0.3, -0.25) is 14.5 Å². The van der Waals surface area contributed by atoms with E-state index < -0.39 is 6.04 Å². The Morgan fingerprint density at radius 3 is 2.52 bits per heavy atom. The van der Waals surface area contributed by atoms with Crippen LogP contribution in [0.1, 0.15) is 13.3 Å². The second kappa shape index (κ2) is 8.13. The first-order chi connectivity index (χ1) is 14.1. The number of hydrogen-bond donors (Lipinski definition) is 1. The number of piperazine rings is 1. The number of rotatable bonds is 5. The Morgan fingerprint density at radius 1 is 1.03 bits per heavy atom. The van der Waals surface area contributed by atoms with Crippen LogP contribution in [0.4, 0.5) is 11.4 Å². The highest BCUT2D eigenvalue weighted by Gasteiger charge is 2.43.